The molecule has 0 spiro atoms. The summed E-state index contributed by atoms with van der Waals surface area (Å²) >= 11 is 0. The van der Waals surface area contributed by atoms with E-state index in [0.29, 0.717) is 0 Å². The van der Waals surface area contributed by atoms with Crippen molar-refractivity contribution in [1.29, 1.82) is 0 Å². The standard InChI is InChI=1S/C12H17BO3/c1-6(2)16-12(15)10-7(3)5-9(13)8(4)11(10)14/h5-6,14H,13H2,1-4H3. The lowest BCUT2D eigenvalue weighted by atomic mass is 9.87. The van der Waals surface area contributed by atoms with Gasteiger partial charge in [0.2, 0.25) is 0 Å². The molecule has 4 heteroatoms. The minimum Gasteiger partial charge on any atom is -0.507 e. The molecule has 0 amide bonds. The molecule has 0 fully saturated rings. The first-order chi connectivity index (χ1) is 7.34. The number of esters is 1. The Kier molecular flexibility index (Phi) is 3.63. The van der Waals surface area contributed by atoms with Gasteiger partial charge in [-0.1, -0.05) is 11.5 Å². The van der Waals surface area contributed by atoms with Gasteiger partial charge in [0, 0.05) is 0 Å². The summed E-state index contributed by atoms with van der Waals surface area (Å²) in [5, 5.41) is 9.94. The number of phenolic OH excluding ortho intramolecular Hbond substituents is 1. The van der Waals surface area contributed by atoms with E-state index in [9.17, 15) is 9.90 Å². The molecule has 1 aromatic carbocycles. The number of hydrogen-bond acceptors (Lipinski definition) is 3. The van der Waals surface area contributed by atoms with Crippen molar-refractivity contribution in [2.45, 2.75) is 33.8 Å². The maximum atomic E-state index is 11.8. The summed E-state index contributed by atoms with van der Waals surface area (Å²) in [4.78, 5) is 11.8. The van der Waals surface area contributed by atoms with Gasteiger partial charge in [-0.3, -0.25) is 0 Å². The molecule has 0 aliphatic rings. The molecule has 0 radical (unpaired) electrons. The molecule has 1 aromatic rings. The molecule has 0 atom stereocenters. The van der Waals surface area contributed by atoms with Crippen molar-refractivity contribution < 1.29 is 14.6 Å². The first-order valence-corrected chi connectivity index (χ1v) is 5.35. The Morgan fingerprint density at radius 3 is 2.50 bits per heavy atom. The fourth-order valence-electron chi connectivity index (χ4n) is 1.60. The largest absolute Gasteiger partial charge is 0.507 e. The van der Waals surface area contributed by atoms with Crippen molar-refractivity contribution in [2.75, 3.05) is 0 Å². The second-order valence-corrected chi connectivity index (χ2v) is 4.31. The monoisotopic (exact) mass is 220 g/mol. The van der Waals surface area contributed by atoms with Crippen LogP contribution in [0.25, 0.3) is 0 Å². The summed E-state index contributed by atoms with van der Waals surface area (Å²) in [5.41, 5.74) is 2.71. The first kappa shape index (κ1) is 12.6. The van der Waals surface area contributed by atoms with Gasteiger partial charge in [-0.05, 0) is 38.8 Å². The molecule has 0 saturated carbocycles. The number of benzene rings is 1. The van der Waals surface area contributed by atoms with Crippen LogP contribution in [0.5, 0.6) is 5.75 Å². The van der Waals surface area contributed by atoms with Gasteiger partial charge in [-0.25, -0.2) is 4.79 Å². The Morgan fingerprint density at radius 1 is 1.44 bits per heavy atom. The van der Waals surface area contributed by atoms with Crippen LogP contribution in [0, 0.1) is 13.8 Å². The molecule has 0 heterocycles. The molecule has 0 unspecified atom stereocenters. The van der Waals surface area contributed by atoms with Gasteiger partial charge in [0.05, 0.1) is 6.10 Å². The Labute approximate surface area is 96.8 Å². The predicted molar refractivity (Wildman–Crippen MR) is 66.3 cm³/mol. The average Bonchev–Trinajstić information content (AvgIpc) is 2.13. The number of carbonyl (C=O) groups is 1. The van der Waals surface area contributed by atoms with E-state index >= 15 is 0 Å². The van der Waals surface area contributed by atoms with Crippen molar-refractivity contribution in [1.82, 2.24) is 0 Å². The lowest BCUT2D eigenvalue weighted by Gasteiger charge is -2.14. The number of aryl methyl sites for hydroxylation is 1. The summed E-state index contributed by atoms with van der Waals surface area (Å²) < 4.78 is 5.09. The maximum Gasteiger partial charge on any atom is 0.342 e. The first-order valence-electron chi connectivity index (χ1n) is 5.35. The van der Waals surface area contributed by atoms with E-state index in [1.807, 2.05) is 13.9 Å². The molecule has 86 valence electrons. The van der Waals surface area contributed by atoms with Crippen LogP contribution in [0.4, 0.5) is 0 Å². The third kappa shape index (κ3) is 2.38. The summed E-state index contributed by atoms with van der Waals surface area (Å²) in [7, 11) is 1.90. The highest BCUT2D eigenvalue weighted by Gasteiger charge is 2.19. The van der Waals surface area contributed by atoms with Crippen molar-refractivity contribution in [3.8, 4) is 5.75 Å². The number of phenols is 1. The van der Waals surface area contributed by atoms with Gasteiger partial charge < -0.3 is 9.84 Å². The van der Waals surface area contributed by atoms with E-state index in [1.165, 1.54) is 0 Å². The smallest absolute Gasteiger partial charge is 0.342 e. The molecule has 0 aliphatic carbocycles. The van der Waals surface area contributed by atoms with Gasteiger partial charge >= 0.3 is 5.97 Å². The fraction of sp³-hybridized carbons (Fsp3) is 0.417. The Morgan fingerprint density at radius 2 is 2.00 bits per heavy atom. The van der Waals surface area contributed by atoms with Crippen LogP contribution in [-0.2, 0) is 4.74 Å². The number of ether oxygens (including phenoxy) is 1. The van der Waals surface area contributed by atoms with E-state index in [1.54, 1.807) is 27.7 Å². The van der Waals surface area contributed by atoms with Crippen LogP contribution in [0.3, 0.4) is 0 Å². The van der Waals surface area contributed by atoms with Crippen LogP contribution >= 0.6 is 0 Å². The predicted octanol–water partition coefficient (Wildman–Crippen LogP) is 0.833. The zero-order valence-electron chi connectivity index (χ0n) is 10.4. The summed E-state index contributed by atoms with van der Waals surface area (Å²) in [6.45, 7) is 7.15. The van der Waals surface area contributed by atoms with Gasteiger partial charge in [0.15, 0.2) is 0 Å². The number of rotatable bonds is 2. The van der Waals surface area contributed by atoms with Crippen LogP contribution in [0.2, 0.25) is 0 Å². The lowest BCUT2D eigenvalue weighted by molar-refractivity contribution is 0.0373. The highest BCUT2D eigenvalue weighted by atomic mass is 16.5. The summed E-state index contributed by atoms with van der Waals surface area (Å²) in [6.07, 6.45) is -0.187. The minimum atomic E-state index is -0.465. The zero-order valence-corrected chi connectivity index (χ0v) is 10.4. The Balaban J connectivity index is 3.24. The topological polar surface area (TPSA) is 46.5 Å². The number of carbonyl (C=O) groups excluding carboxylic acids is 1. The van der Waals surface area contributed by atoms with Gasteiger partial charge in [0.25, 0.3) is 0 Å². The molecule has 0 aliphatic heterocycles. The Bertz CT molecular complexity index is 425. The third-order valence-corrected chi connectivity index (χ3v) is 2.56. The van der Waals surface area contributed by atoms with Crippen LogP contribution in [0.15, 0.2) is 6.07 Å². The van der Waals surface area contributed by atoms with E-state index < -0.39 is 5.97 Å². The second-order valence-electron chi connectivity index (χ2n) is 4.31. The summed E-state index contributed by atoms with van der Waals surface area (Å²) in [6, 6.07) is 1.88. The molecule has 0 aromatic heterocycles. The molecule has 1 rings (SSSR count). The SMILES string of the molecule is Bc1cc(C)c(C(=O)OC(C)C)c(O)c1C. The highest BCUT2D eigenvalue weighted by molar-refractivity contribution is 6.33. The number of hydrogen-bond donors (Lipinski definition) is 1. The molecule has 0 bridgehead atoms. The number of aromatic hydroxyl groups is 1. The fourth-order valence-corrected chi connectivity index (χ4v) is 1.60. The quantitative estimate of drug-likeness (QED) is 0.593. The molecular weight excluding hydrogens is 203 g/mol. The van der Waals surface area contributed by atoms with E-state index in [0.717, 1.165) is 16.6 Å². The van der Waals surface area contributed by atoms with Crippen LogP contribution in [0.1, 0.15) is 35.3 Å². The van der Waals surface area contributed by atoms with E-state index in [4.69, 9.17) is 4.74 Å². The second kappa shape index (κ2) is 4.60. The van der Waals surface area contributed by atoms with Crippen molar-refractivity contribution in [3.05, 3.63) is 22.8 Å². The Hall–Kier alpha value is -1.45. The molecule has 3 nitrogen and oxygen atoms in total. The highest BCUT2D eigenvalue weighted by Crippen LogP contribution is 2.24. The van der Waals surface area contributed by atoms with Gasteiger partial charge in [0.1, 0.15) is 19.2 Å². The van der Waals surface area contributed by atoms with Gasteiger partial charge in [-0.15, -0.1) is 0 Å². The molecule has 0 saturated heterocycles. The van der Waals surface area contributed by atoms with Gasteiger partial charge in [-0.2, -0.15) is 0 Å². The third-order valence-electron chi connectivity index (χ3n) is 2.56. The van der Waals surface area contributed by atoms with Crippen molar-refractivity contribution in [3.63, 3.8) is 0 Å². The van der Waals surface area contributed by atoms with E-state index in [-0.39, 0.29) is 17.4 Å². The average molecular weight is 220 g/mol. The van der Waals surface area contributed by atoms with E-state index in [2.05, 4.69) is 0 Å². The van der Waals surface area contributed by atoms with Crippen molar-refractivity contribution >= 4 is 19.3 Å². The zero-order chi connectivity index (χ0) is 12.5. The molecule has 1 N–H and O–H groups in total. The van der Waals surface area contributed by atoms with Crippen molar-refractivity contribution in [2.24, 2.45) is 0 Å². The molecular formula is C12H17BO3. The lowest BCUT2D eigenvalue weighted by Crippen LogP contribution is -2.17. The van der Waals surface area contributed by atoms with Crippen LogP contribution < -0.4 is 5.46 Å². The minimum absolute atomic E-state index is 0.0307. The van der Waals surface area contributed by atoms with Crippen LogP contribution in [-0.4, -0.2) is 25.0 Å². The molecule has 16 heavy (non-hydrogen) atoms. The summed E-state index contributed by atoms with van der Waals surface area (Å²) in [5.74, 6) is -0.434. The maximum absolute atomic E-state index is 11.8. The normalized spacial score (nSPS) is 10.6.